The number of ketones is 1. The predicted molar refractivity (Wildman–Crippen MR) is 67.4 cm³/mol. The molecule has 0 unspecified atom stereocenters. The highest BCUT2D eigenvalue weighted by Gasteiger charge is 2.30. The van der Waals surface area contributed by atoms with Crippen molar-refractivity contribution >= 4 is 11.9 Å². The Balaban J connectivity index is 2.26. The summed E-state index contributed by atoms with van der Waals surface area (Å²) in [5, 5.41) is 2.66. The summed E-state index contributed by atoms with van der Waals surface area (Å²) in [5.74, 6) is 0.218. The van der Waals surface area contributed by atoms with Crippen molar-refractivity contribution in [3.05, 3.63) is 0 Å². The van der Waals surface area contributed by atoms with E-state index in [4.69, 9.17) is 9.47 Å². The van der Waals surface area contributed by atoms with Crippen LogP contribution in [0.25, 0.3) is 0 Å². The molecule has 1 fully saturated rings. The molecule has 0 aromatic heterocycles. The van der Waals surface area contributed by atoms with Gasteiger partial charge in [0, 0.05) is 18.9 Å². The Hall–Kier alpha value is -1.10. The fraction of sp³-hybridized carbons (Fsp3) is 0.846. The van der Waals surface area contributed by atoms with Gasteiger partial charge in [0.25, 0.3) is 0 Å². The molecule has 1 aliphatic rings. The molecular formula is C13H23NO4. The number of rotatable bonds is 4. The number of amides is 1. The SMILES string of the molecule is CCC(=O)[C@@H]1CO[C@H](CNC(=O)OC(C)(C)C)C1. The Morgan fingerprint density at radius 2 is 2.06 bits per heavy atom. The van der Waals surface area contributed by atoms with Crippen LogP contribution in [0.5, 0.6) is 0 Å². The first-order chi connectivity index (χ1) is 8.31. The second-order valence-electron chi connectivity index (χ2n) is 5.59. The Kier molecular flexibility index (Phi) is 5.14. The van der Waals surface area contributed by atoms with Crippen LogP contribution in [0, 0.1) is 5.92 Å². The lowest BCUT2D eigenvalue weighted by Crippen LogP contribution is -2.36. The number of ether oxygens (including phenoxy) is 2. The number of carbonyl (C=O) groups is 2. The first-order valence-corrected chi connectivity index (χ1v) is 6.43. The van der Waals surface area contributed by atoms with Gasteiger partial charge in [0.1, 0.15) is 11.4 Å². The molecule has 0 aromatic carbocycles. The van der Waals surface area contributed by atoms with Crippen LogP contribution in [0.4, 0.5) is 4.79 Å². The number of hydrogen-bond acceptors (Lipinski definition) is 4. The Labute approximate surface area is 108 Å². The minimum Gasteiger partial charge on any atom is -0.444 e. The molecule has 1 rings (SSSR count). The fourth-order valence-electron chi connectivity index (χ4n) is 1.87. The van der Waals surface area contributed by atoms with Crippen molar-refractivity contribution in [3.63, 3.8) is 0 Å². The number of Topliss-reactive ketones (excluding diaryl/α,β-unsaturated/α-hetero) is 1. The molecule has 1 saturated heterocycles. The van der Waals surface area contributed by atoms with Gasteiger partial charge in [-0.2, -0.15) is 0 Å². The van der Waals surface area contributed by atoms with Crippen molar-refractivity contribution < 1.29 is 19.1 Å². The predicted octanol–water partition coefficient (Wildman–Crippen LogP) is 1.90. The van der Waals surface area contributed by atoms with E-state index in [9.17, 15) is 9.59 Å². The standard InChI is InChI=1S/C13H23NO4/c1-5-11(15)9-6-10(17-8-9)7-14-12(16)18-13(2,3)4/h9-10H,5-8H2,1-4H3,(H,14,16)/t9-,10-/m0/s1. The molecule has 0 aromatic rings. The maximum atomic E-state index is 11.5. The highest BCUT2D eigenvalue weighted by molar-refractivity contribution is 5.81. The molecule has 0 aliphatic carbocycles. The van der Waals surface area contributed by atoms with Crippen LogP contribution in [0.1, 0.15) is 40.5 Å². The van der Waals surface area contributed by atoms with E-state index in [0.29, 0.717) is 26.0 Å². The molecule has 104 valence electrons. The maximum Gasteiger partial charge on any atom is 0.407 e. The molecule has 1 N–H and O–H groups in total. The van der Waals surface area contributed by atoms with Crippen LogP contribution >= 0.6 is 0 Å². The van der Waals surface area contributed by atoms with Gasteiger partial charge in [0.15, 0.2) is 0 Å². The van der Waals surface area contributed by atoms with Gasteiger partial charge in [-0.05, 0) is 27.2 Å². The number of carbonyl (C=O) groups excluding carboxylic acids is 2. The lowest BCUT2D eigenvalue weighted by Gasteiger charge is -2.20. The minimum atomic E-state index is -0.499. The lowest BCUT2D eigenvalue weighted by atomic mass is 9.99. The average Bonchev–Trinajstić information content (AvgIpc) is 2.71. The maximum absolute atomic E-state index is 11.5. The lowest BCUT2D eigenvalue weighted by molar-refractivity contribution is -0.122. The van der Waals surface area contributed by atoms with Crippen LogP contribution in [0.3, 0.4) is 0 Å². The molecule has 5 heteroatoms. The van der Waals surface area contributed by atoms with E-state index < -0.39 is 11.7 Å². The molecule has 18 heavy (non-hydrogen) atoms. The number of nitrogens with one attached hydrogen (secondary N) is 1. The summed E-state index contributed by atoms with van der Waals surface area (Å²) < 4.78 is 10.6. The smallest absolute Gasteiger partial charge is 0.407 e. The molecule has 0 radical (unpaired) electrons. The van der Waals surface area contributed by atoms with Crippen molar-refractivity contribution in [2.75, 3.05) is 13.2 Å². The Morgan fingerprint density at radius 3 is 2.61 bits per heavy atom. The quantitative estimate of drug-likeness (QED) is 0.835. The van der Waals surface area contributed by atoms with E-state index in [-0.39, 0.29) is 17.8 Å². The van der Waals surface area contributed by atoms with E-state index in [1.165, 1.54) is 0 Å². The number of hydrogen-bond donors (Lipinski definition) is 1. The van der Waals surface area contributed by atoms with Gasteiger partial charge in [0.05, 0.1) is 12.7 Å². The zero-order valence-electron chi connectivity index (χ0n) is 11.6. The second kappa shape index (κ2) is 6.18. The van der Waals surface area contributed by atoms with E-state index in [0.717, 1.165) is 0 Å². The molecule has 0 bridgehead atoms. The van der Waals surface area contributed by atoms with Crippen LogP contribution in [-0.2, 0) is 14.3 Å². The van der Waals surface area contributed by atoms with Gasteiger partial charge in [-0.15, -0.1) is 0 Å². The zero-order chi connectivity index (χ0) is 13.8. The van der Waals surface area contributed by atoms with Crippen LogP contribution in [0.2, 0.25) is 0 Å². The van der Waals surface area contributed by atoms with E-state index in [1.807, 2.05) is 27.7 Å². The zero-order valence-corrected chi connectivity index (χ0v) is 11.6. The van der Waals surface area contributed by atoms with Gasteiger partial charge in [-0.25, -0.2) is 4.79 Å². The van der Waals surface area contributed by atoms with Crippen LogP contribution in [0.15, 0.2) is 0 Å². The molecule has 1 heterocycles. The summed E-state index contributed by atoms with van der Waals surface area (Å²) in [6, 6.07) is 0. The summed E-state index contributed by atoms with van der Waals surface area (Å²) in [6.07, 6.45) is 0.692. The third-order valence-corrected chi connectivity index (χ3v) is 2.76. The van der Waals surface area contributed by atoms with Crippen molar-refractivity contribution in [2.24, 2.45) is 5.92 Å². The highest BCUT2D eigenvalue weighted by atomic mass is 16.6. The largest absolute Gasteiger partial charge is 0.444 e. The third kappa shape index (κ3) is 5.04. The fourth-order valence-corrected chi connectivity index (χ4v) is 1.87. The van der Waals surface area contributed by atoms with E-state index >= 15 is 0 Å². The average molecular weight is 257 g/mol. The molecule has 1 amide bonds. The highest BCUT2D eigenvalue weighted by Crippen LogP contribution is 2.21. The normalized spacial score (nSPS) is 23.8. The van der Waals surface area contributed by atoms with Gasteiger partial charge in [-0.3, -0.25) is 4.79 Å². The van der Waals surface area contributed by atoms with Crippen LogP contribution < -0.4 is 5.32 Å². The summed E-state index contributed by atoms with van der Waals surface area (Å²) in [4.78, 5) is 22.9. The van der Waals surface area contributed by atoms with E-state index in [2.05, 4.69) is 5.32 Å². The second-order valence-corrected chi connectivity index (χ2v) is 5.59. The molecule has 2 atom stereocenters. The topological polar surface area (TPSA) is 64.6 Å². The van der Waals surface area contributed by atoms with Crippen molar-refractivity contribution in [1.29, 1.82) is 0 Å². The van der Waals surface area contributed by atoms with Crippen molar-refractivity contribution in [2.45, 2.75) is 52.2 Å². The van der Waals surface area contributed by atoms with E-state index in [1.54, 1.807) is 0 Å². The van der Waals surface area contributed by atoms with Crippen molar-refractivity contribution in [3.8, 4) is 0 Å². The summed E-state index contributed by atoms with van der Waals surface area (Å²) in [7, 11) is 0. The van der Waals surface area contributed by atoms with Gasteiger partial charge < -0.3 is 14.8 Å². The van der Waals surface area contributed by atoms with Crippen LogP contribution in [-0.4, -0.2) is 36.7 Å². The summed E-state index contributed by atoms with van der Waals surface area (Å²) in [6.45, 7) is 8.15. The molecule has 0 spiro atoms. The Bertz CT molecular complexity index is 309. The summed E-state index contributed by atoms with van der Waals surface area (Å²) in [5.41, 5.74) is -0.499. The first kappa shape index (κ1) is 15.0. The summed E-state index contributed by atoms with van der Waals surface area (Å²) >= 11 is 0. The van der Waals surface area contributed by atoms with Gasteiger partial charge >= 0.3 is 6.09 Å². The van der Waals surface area contributed by atoms with Gasteiger partial charge in [0.2, 0.25) is 0 Å². The first-order valence-electron chi connectivity index (χ1n) is 6.43. The third-order valence-electron chi connectivity index (χ3n) is 2.76. The van der Waals surface area contributed by atoms with Gasteiger partial charge in [-0.1, -0.05) is 6.92 Å². The minimum absolute atomic E-state index is 0.0135. The monoisotopic (exact) mass is 257 g/mol. The molecule has 1 aliphatic heterocycles. The molecular weight excluding hydrogens is 234 g/mol. The molecule has 0 saturated carbocycles. The Morgan fingerprint density at radius 1 is 1.39 bits per heavy atom. The van der Waals surface area contributed by atoms with Crippen molar-refractivity contribution in [1.82, 2.24) is 5.32 Å². The number of alkyl carbamates (subject to hydrolysis) is 1. The molecule has 5 nitrogen and oxygen atoms in total.